The van der Waals surface area contributed by atoms with Crippen LogP contribution in [0, 0.1) is 0 Å². The second-order valence-electron chi connectivity index (χ2n) is 11.6. The van der Waals surface area contributed by atoms with Gasteiger partial charge < -0.3 is 24.8 Å². The van der Waals surface area contributed by atoms with Crippen molar-refractivity contribution in [2.45, 2.75) is 17.7 Å². The zero-order chi connectivity index (χ0) is 35.7. The number of hydrogen-bond donors (Lipinski definition) is 2. The quantitative estimate of drug-likeness (QED) is 0.108. The molecule has 1 aliphatic rings. The second kappa shape index (κ2) is 16.1. The zero-order valence-corrected chi connectivity index (χ0v) is 29.3. The smallest absolute Gasteiger partial charge is 0.272 e. The van der Waals surface area contributed by atoms with Gasteiger partial charge in [0.2, 0.25) is 5.91 Å². The summed E-state index contributed by atoms with van der Waals surface area (Å²) < 4.78 is 16.4. The molecule has 0 aliphatic carbocycles. The van der Waals surface area contributed by atoms with Gasteiger partial charge in [0, 0.05) is 27.8 Å². The monoisotopic (exact) mass is 699 g/mol. The molecule has 0 saturated carbocycles. The highest BCUT2D eigenvalue weighted by atomic mass is 32.2. The summed E-state index contributed by atoms with van der Waals surface area (Å²) in [4.78, 5) is 43.6. The van der Waals surface area contributed by atoms with Crippen LogP contribution in [0.2, 0.25) is 0 Å². The molecule has 2 N–H and O–H groups in total. The van der Waals surface area contributed by atoms with Crippen molar-refractivity contribution in [2.75, 3.05) is 37.3 Å². The first kappa shape index (κ1) is 34.8. The van der Waals surface area contributed by atoms with E-state index in [4.69, 9.17) is 14.2 Å². The third-order valence-corrected chi connectivity index (χ3v) is 9.38. The number of nitrogens with one attached hydrogen (secondary N) is 2. The van der Waals surface area contributed by atoms with Crippen molar-refractivity contribution in [1.29, 1.82) is 0 Å². The summed E-state index contributed by atoms with van der Waals surface area (Å²) in [6, 6.07) is 35.2. The summed E-state index contributed by atoms with van der Waals surface area (Å²) in [5, 5.41) is 5.66. The molecule has 1 heterocycles. The van der Waals surface area contributed by atoms with Crippen LogP contribution in [0.1, 0.15) is 27.0 Å². The Morgan fingerprint density at radius 3 is 1.96 bits per heavy atom. The van der Waals surface area contributed by atoms with E-state index in [1.54, 1.807) is 54.6 Å². The normalized spacial score (nSPS) is 12.1. The minimum atomic E-state index is -0.563. The Bertz CT molecular complexity index is 2050. The third-order valence-electron chi connectivity index (χ3n) is 8.40. The number of hydrogen-bond acceptors (Lipinski definition) is 7. The van der Waals surface area contributed by atoms with Crippen LogP contribution in [0.25, 0.3) is 6.08 Å². The number of nitrogens with zero attached hydrogens (tertiary/aromatic N) is 1. The van der Waals surface area contributed by atoms with E-state index < -0.39 is 11.8 Å². The standard InChI is InChI=1S/C41H37N3O6S/c1-48-36-25-38(50-3)37(49-2)23-30(36)22-33(43-40(46)29-14-5-4-6-15-29)41(47)42-31-16-11-17-32(24-31)51-26-39(45)44-34-18-9-7-12-27(34)20-21-28-13-8-10-19-35(28)44/h4-19,22-25H,20-21,26H2,1-3H3,(H,42,47)(H,43,46)/b33-22-. The van der Waals surface area contributed by atoms with E-state index in [0.717, 1.165) is 40.2 Å². The van der Waals surface area contributed by atoms with E-state index in [1.807, 2.05) is 53.4 Å². The summed E-state index contributed by atoms with van der Waals surface area (Å²) in [7, 11) is 4.52. The molecule has 6 rings (SSSR count). The predicted molar refractivity (Wildman–Crippen MR) is 201 cm³/mol. The number of thioether (sulfide) groups is 1. The van der Waals surface area contributed by atoms with Crippen molar-refractivity contribution in [2.24, 2.45) is 0 Å². The fourth-order valence-electron chi connectivity index (χ4n) is 5.88. The minimum absolute atomic E-state index is 0.0268. The lowest BCUT2D eigenvalue weighted by Gasteiger charge is -2.25. The highest BCUT2D eigenvalue weighted by molar-refractivity contribution is 8.00. The maximum atomic E-state index is 13.9. The number of aryl methyl sites for hydroxylation is 2. The molecule has 0 radical (unpaired) electrons. The zero-order valence-electron chi connectivity index (χ0n) is 28.5. The SMILES string of the molecule is COc1cc(OC)c(OC)cc1/C=C(\NC(=O)c1ccccc1)C(=O)Nc1cccc(SCC(=O)N2c3ccccc3CCc3ccccc32)c1. The fraction of sp³-hybridized carbons (Fsp3) is 0.146. The van der Waals surface area contributed by atoms with Crippen LogP contribution in [0.5, 0.6) is 17.2 Å². The predicted octanol–water partition coefficient (Wildman–Crippen LogP) is 7.68. The Morgan fingerprint density at radius 1 is 0.706 bits per heavy atom. The van der Waals surface area contributed by atoms with Crippen LogP contribution in [0.4, 0.5) is 17.1 Å². The van der Waals surface area contributed by atoms with Crippen LogP contribution in [0.3, 0.4) is 0 Å². The molecule has 51 heavy (non-hydrogen) atoms. The van der Waals surface area contributed by atoms with Crippen molar-refractivity contribution >= 4 is 52.6 Å². The molecule has 0 unspecified atom stereocenters. The average Bonchev–Trinajstić information content (AvgIpc) is 3.34. The molecule has 0 spiro atoms. The van der Waals surface area contributed by atoms with Crippen LogP contribution >= 0.6 is 11.8 Å². The maximum Gasteiger partial charge on any atom is 0.272 e. The van der Waals surface area contributed by atoms with E-state index in [1.165, 1.54) is 39.2 Å². The van der Waals surface area contributed by atoms with Crippen LogP contribution in [-0.4, -0.2) is 44.8 Å². The number of methoxy groups -OCH3 is 3. The van der Waals surface area contributed by atoms with Crippen molar-refractivity contribution in [3.8, 4) is 17.2 Å². The summed E-state index contributed by atoms with van der Waals surface area (Å²) >= 11 is 1.38. The molecule has 0 saturated heterocycles. The third kappa shape index (κ3) is 8.08. The molecule has 3 amide bonds. The highest BCUT2D eigenvalue weighted by Gasteiger charge is 2.26. The van der Waals surface area contributed by atoms with Gasteiger partial charge in [-0.1, -0.05) is 60.7 Å². The number of carbonyl (C=O) groups is 3. The van der Waals surface area contributed by atoms with Gasteiger partial charge >= 0.3 is 0 Å². The maximum absolute atomic E-state index is 13.9. The van der Waals surface area contributed by atoms with E-state index >= 15 is 0 Å². The van der Waals surface area contributed by atoms with Crippen LogP contribution in [-0.2, 0) is 22.4 Å². The Morgan fingerprint density at radius 2 is 1.31 bits per heavy atom. The number of carbonyl (C=O) groups excluding carboxylic acids is 3. The van der Waals surface area contributed by atoms with Crippen molar-refractivity contribution < 1.29 is 28.6 Å². The van der Waals surface area contributed by atoms with E-state index in [2.05, 4.69) is 22.8 Å². The van der Waals surface area contributed by atoms with Gasteiger partial charge in [-0.2, -0.15) is 0 Å². The van der Waals surface area contributed by atoms with Crippen LogP contribution < -0.4 is 29.7 Å². The average molecular weight is 700 g/mol. The van der Waals surface area contributed by atoms with E-state index in [9.17, 15) is 14.4 Å². The van der Waals surface area contributed by atoms with Gasteiger partial charge in [0.05, 0.1) is 38.5 Å². The first-order valence-corrected chi connectivity index (χ1v) is 17.3. The number of rotatable bonds is 11. The molecule has 258 valence electrons. The van der Waals surface area contributed by atoms with Gasteiger partial charge in [-0.25, -0.2) is 0 Å². The van der Waals surface area contributed by atoms with E-state index in [-0.39, 0.29) is 17.4 Å². The number of fused-ring (bicyclic) bond motifs is 2. The minimum Gasteiger partial charge on any atom is -0.496 e. The molecular weight excluding hydrogens is 663 g/mol. The molecule has 9 nitrogen and oxygen atoms in total. The summed E-state index contributed by atoms with van der Waals surface area (Å²) in [6.45, 7) is 0. The van der Waals surface area contributed by atoms with E-state index in [0.29, 0.717) is 34.1 Å². The number of ether oxygens (including phenoxy) is 3. The molecule has 10 heteroatoms. The molecule has 5 aromatic carbocycles. The summed E-state index contributed by atoms with van der Waals surface area (Å²) in [5.74, 6) is 0.381. The first-order chi connectivity index (χ1) is 24.9. The number of benzene rings is 5. The van der Waals surface area contributed by atoms with Gasteiger partial charge in [-0.3, -0.25) is 19.3 Å². The Balaban J connectivity index is 1.24. The highest BCUT2D eigenvalue weighted by Crippen LogP contribution is 2.38. The number of para-hydroxylation sites is 2. The van der Waals surface area contributed by atoms with Gasteiger partial charge in [0.15, 0.2) is 11.5 Å². The van der Waals surface area contributed by atoms with Crippen molar-refractivity contribution in [3.05, 3.63) is 143 Å². The Kier molecular flexibility index (Phi) is 11.0. The Hall–Kier alpha value is -6.00. The largest absolute Gasteiger partial charge is 0.496 e. The first-order valence-electron chi connectivity index (χ1n) is 16.3. The fourth-order valence-corrected chi connectivity index (χ4v) is 6.69. The topological polar surface area (TPSA) is 106 Å². The molecule has 0 atom stereocenters. The lowest BCUT2D eigenvalue weighted by Crippen LogP contribution is -2.30. The summed E-state index contributed by atoms with van der Waals surface area (Å²) in [5.41, 5.74) is 5.38. The molecule has 0 aromatic heterocycles. The molecule has 0 bridgehead atoms. The van der Waals surface area contributed by atoms with Crippen molar-refractivity contribution in [1.82, 2.24) is 5.32 Å². The Labute approximate surface area is 301 Å². The number of anilines is 3. The van der Waals surface area contributed by atoms with Gasteiger partial charge in [0.25, 0.3) is 11.8 Å². The van der Waals surface area contributed by atoms with Gasteiger partial charge in [-0.05, 0) is 78.6 Å². The van der Waals surface area contributed by atoms with Crippen molar-refractivity contribution in [3.63, 3.8) is 0 Å². The van der Waals surface area contributed by atoms with Gasteiger partial charge in [0.1, 0.15) is 11.4 Å². The molecular formula is C41H37N3O6S. The molecule has 0 fully saturated rings. The van der Waals surface area contributed by atoms with Gasteiger partial charge in [-0.15, -0.1) is 11.8 Å². The lowest BCUT2D eigenvalue weighted by molar-refractivity contribution is -0.115. The summed E-state index contributed by atoms with van der Waals surface area (Å²) in [6.07, 6.45) is 3.23. The molecule has 1 aliphatic heterocycles. The molecule has 5 aromatic rings. The second-order valence-corrected chi connectivity index (χ2v) is 12.6. The number of amides is 3. The van der Waals surface area contributed by atoms with Crippen LogP contribution in [0.15, 0.2) is 126 Å². The lowest BCUT2D eigenvalue weighted by atomic mass is 10.0.